The summed E-state index contributed by atoms with van der Waals surface area (Å²) in [5, 5.41) is 2.43. The molecule has 5 rings (SSSR count). The highest BCUT2D eigenvalue weighted by molar-refractivity contribution is 6.30. The molecule has 0 aromatic heterocycles. The van der Waals surface area contributed by atoms with Crippen molar-refractivity contribution < 1.29 is 19.2 Å². The summed E-state index contributed by atoms with van der Waals surface area (Å²) in [6.07, 6.45) is 2.81. The van der Waals surface area contributed by atoms with Gasteiger partial charge in [0.15, 0.2) is 5.41 Å². The van der Waals surface area contributed by atoms with E-state index in [4.69, 9.17) is 5.73 Å². The van der Waals surface area contributed by atoms with Crippen molar-refractivity contribution in [1.29, 1.82) is 0 Å². The number of carbonyl (C=O) groups is 4. The van der Waals surface area contributed by atoms with E-state index < -0.39 is 29.2 Å². The zero-order valence-corrected chi connectivity index (χ0v) is 16.8. The maximum atomic E-state index is 13.9. The van der Waals surface area contributed by atoms with Gasteiger partial charge in [0.05, 0.1) is 11.7 Å². The number of barbiturate groups is 1. The molecule has 0 aliphatic carbocycles. The Kier molecular flexibility index (Phi) is 4.32. The van der Waals surface area contributed by atoms with Crippen molar-refractivity contribution in [1.82, 2.24) is 5.32 Å². The van der Waals surface area contributed by atoms with Crippen molar-refractivity contribution in [2.24, 2.45) is 11.1 Å². The fraction of sp³-hybridized carbons (Fsp3) is 0.304. The molecule has 0 radical (unpaired) electrons. The smallest absolute Gasteiger partial charge is 0.335 e. The number of rotatable bonds is 2. The van der Waals surface area contributed by atoms with Gasteiger partial charge in [-0.2, -0.15) is 0 Å². The SMILES string of the molecule is NC(=O)c1ccc(N2C(=O)NC(=O)C3(Cc4ccccc4N4CCCCC43)C2=O)cc1. The van der Waals surface area contributed by atoms with Crippen LogP contribution in [0.25, 0.3) is 0 Å². The third kappa shape index (κ3) is 2.74. The van der Waals surface area contributed by atoms with E-state index in [-0.39, 0.29) is 18.0 Å². The van der Waals surface area contributed by atoms with Crippen LogP contribution < -0.4 is 20.9 Å². The van der Waals surface area contributed by atoms with Crippen molar-refractivity contribution in [2.75, 3.05) is 16.3 Å². The number of amides is 5. The lowest BCUT2D eigenvalue weighted by Crippen LogP contribution is -2.72. The molecule has 3 aliphatic heterocycles. The number of hydrogen-bond donors (Lipinski definition) is 2. The minimum absolute atomic E-state index is 0.234. The predicted octanol–water partition coefficient (Wildman–Crippen LogP) is 1.97. The first-order chi connectivity index (χ1) is 14.9. The lowest BCUT2D eigenvalue weighted by atomic mass is 9.66. The third-order valence-corrected chi connectivity index (χ3v) is 6.67. The zero-order valence-electron chi connectivity index (χ0n) is 16.8. The first-order valence-corrected chi connectivity index (χ1v) is 10.4. The van der Waals surface area contributed by atoms with Crippen molar-refractivity contribution in [3.8, 4) is 0 Å². The molecule has 2 aromatic carbocycles. The highest BCUT2D eigenvalue weighted by Crippen LogP contribution is 2.47. The summed E-state index contributed by atoms with van der Waals surface area (Å²) in [4.78, 5) is 54.5. The van der Waals surface area contributed by atoms with E-state index >= 15 is 0 Å². The largest absolute Gasteiger partial charge is 0.367 e. The number of imide groups is 2. The number of para-hydroxylation sites is 1. The van der Waals surface area contributed by atoms with E-state index in [1.165, 1.54) is 24.3 Å². The van der Waals surface area contributed by atoms with Gasteiger partial charge in [0.2, 0.25) is 11.8 Å². The fourth-order valence-electron chi connectivity index (χ4n) is 5.20. The molecule has 2 atom stereocenters. The number of nitrogens with zero attached hydrogens (tertiary/aromatic N) is 2. The van der Waals surface area contributed by atoms with Crippen LogP contribution >= 0.6 is 0 Å². The van der Waals surface area contributed by atoms with Crippen LogP contribution in [0.5, 0.6) is 0 Å². The molecule has 3 N–H and O–H groups in total. The van der Waals surface area contributed by atoms with E-state index in [1.807, 2.05) is 24.3 Å². The van der Waals surface area contributed by atoms with Crippen LogP contribution in [0.15, 0.2) is 48.5 Å². The summed E-state index contributed by atoms with van der Waals surface area (Å²) in [6, 6.07) is 12.6. The Hall–Kier alpha value is -3.68. The Morgan fingerprint density at radius 1 is 1.03 bits per heavy atom. The lowest BCUT2D eigenvalue weighted by molar-refractivity contribution is -0.145. The molecule has 3 aliphatic rings. The van der Waals surface area contributed by atoms with E-state index in [0.29, 0.717) is 12.1 Å². The average Bonchev–Trinajstić information content (AvgIpc) is 2.78. The molecule has 2 unspecified atom stereocenters. The van der Waals surface area contributed by atoms with Gasteiger partial charge in [-0.1, -0.05) is 18.2 Å². The number of anilines is 2. The molecule has 1 spiro atoms. The number of hydrogen-bond acceptors (Lipinski definition) is 5. The molecule has 2 fully saturated rings. The van der Waals surface area contributed by atoms with Crippen LogP contribution in [-0.4, -0.2) is 36.3 Å². The highest BCUT2D eigenvalue weighted by Gasteiger charge is 2.62. The second-order valence-electron chi connectivity index (χ2n) is 8.29. The van der Waals surface area contributed by atoms with Crippen LogP contribution in [0.1, 0.15) is 35.2 Å². The monoisotopic (exact) mass is 418 g/mol. The van der Waals surface area contributed by atoms with Crippen molar-refractivity contribution in [3.05, 3.63) is 59.7 Å². The second-order valence-corrected chi connectivity index (χ2v) is 8.29. The maximum absolute atomic E-state index is 13.9. The van der Waals surface area contributed by atoms with Crippen LogP contribution in [0.2, 0.25) is 0 Å². The average molecular weight is 418 g/mol. The minimum atomic E-state index is -1.40. The Morgan fingerprint density at radius 2 is 1.77 bits per heavy atom. The molecule has 3 heterocycles. The van der Waals surface area contributed by atoms with Crippen LogP contribution in [0, 0.1) is 5.41 Å². The van der Waals surface area contributed by atoms with Gasteiger partial charge in [-0.05, 0) is 61.6 Å². The van der Waals surface area contributed by atoms with E-state index in [1.54, 1.807) is 0 Å². The number of primary amides is 1. The first-order valence-electron chi connectivity index (χ1n) is 10.4. The molecular formula is C23H22N4O4. The summed E-state index contributed by atoms with van der Waals surface area (Å²) in [5.41, 5.74) is 6.43. The van der Waals surface area contributed by atoms with Gasteiger partial charge >= 0.3 is 6.03 Å². The molecule has 0 bridgehead atoms. The number of benzene rings is 2. The van der Waals surface area contributed by atoms with Gasteiger partial charge in [0, 0.05) is 17.8 Å². The van der Waals surface area contributed by atoms with E-state index in [9.17, 15) is 19.2 Å². The van der Waals surface area contributed by atoms with Crippen molar-refractivity contribution in [2.45, 2.75) is 31.7 Å². The molecule has 5 amide bonds. The Balaban J connectivity index is 1.62. The Morgan fingerprint density at radius 3 is 2.52 bits per heavy atom. The zero-order chi connectivity index (χ0) is 21.8. The molecule has 8 nitrogen and oxygen atoms in total. The maximum Gasteiger partial charge on any atom is 0.335 e. The Bertz CT molecular complexity index is 1110. The predicted molar refractivity (Wildman–Crippen MR) is 114 cm³/mol. The lowest BCUT2D eigenvalue weighted by Gasteiger charge is -2.53. The number of nitrogens with one attached hydrogen (secondary N) is 1. The molecule has 8 heteroatoms. The van der Waals surface area contributed by atoms with E-state index in [2.05, 4.69) is 10.2 Å². The van der Waals surface area contributed by atoms with Crippen LogP contribution in [0.3, 0.4) is 0 Å². The summed E-state index contributed by atoms with van der Waals surface area (Å²) in [7, 11) is 0. The molecule has 2 aromatic rings. The van der Waals surface area contributed by atoms with Crippen LogP contribution in [0.4, 0.5) is 16.2 Å². The number of fused-ring (bicyclic) bond motifs is 4. The summed E-state index contributed by atoms with van der Waals surface area (Å²) in [5.74, 6) is -1.67. The topological polar surface area (TPSA) is 113 Å². The number of carbonyl (C=O) groups excluding carboxylic acids is 4. The third-order valence-electron chi connectivity index (χ3n) is 6.67. The summed E-state index contributed by atoms with van der Waals surface area (Å²) in [6.45, 7) is 0.755. The molecule has 2 saturated heterocycles. The summed E-state index contributed by atoms with van der Waals surface area (Å²) >= 11 is 0. The first kappa shape index (κ1) is 19.3. The molecule has 158 valence electrons. The van der Waals surface area contributed by atoms with Crippen LogP contribution in [-0.2, 0) is 16.0 Å². The molecular weight excluding hydrogens is 396 g/mol. The van der Waals surface area contributed by atoms with Gasteiger partial charge in [0.25, 0.3) is 5.91 Å². The van der Waals surface area contributed by atoms with Crippen molar-refractivity contribution in [3.63, 3.8) is 0 Å². The van der Waals surface area contributed by atoms with Gasteiger partial charge in [-0.25, -0.2) is 9.69 Å². The second kappa shape index (κ2) is 6.94. The number of nitrogens with two attached hydrogens (primary N) is 1. The van der Waals surface area contributed by atoms with Gasteiger partial charge < -0.3 is 10.6 Å². The quantitative estimate of drug-likeness (QED) is 0.724. The van der Waals surface area contributed by atoms with Crippen molar-refractivity contribution >= 4 is 35.1 Å². The normalized spacial score (nSPS) is 25.2. The van der Waals surface area contributed by atoms with Gasteiger partial charge in [-0.15, -0.1) is 0 Å². The summed E-state index contributed by atoms with van der Waals surface area (Å²) < 4.78 is 0. The number of urea groups is 1. The minimum Gasteiger partial charge on any atom is -0.367 e. The Labute approximate surface area is 179 Å². The van der Waals surface area contributed by atoms with Gasteiger partial charge in [-0.3, -0.25) is 19.7 Å². The molecule has 31 heavy (non-hydrogen) atoms. The number of piperidine rings is 1. The fourth-order valence-corrected chi connectivity index (χ4v) is 5.20. The standard InChI is InChI=1S/C23H22N4O4/c24-19(28)14-8-10-16(11-9-14)27-21(30)23(20(29)25-22(27)31)13-15-5-1-2-6-17(15)26-12-4-3-7-18(23)26/h1-2,5-6,8-11,18H,3-4,7,12-13H2,(H2,24,28)(H,25,29,31). The van der Waals surface area contributed by atoms with E-state index in [0.717, 1.165) is 35.5 Å². The van der Waals surface area contributed by atoms with Gasteiger partial charge in [0.1, 0.15) is 0 Å². The highest BCUT2D eigenvalue weighted by atomic mass is 16.2. The molecule has 0 saturated carbocycles.